The molecule has 21 heavy (non-hydrogen) atoms. The van der Waals surface area contributed by atoms with Gasteiger partial charge in [0.1, 0.15) is 17.9 Å². The average molecular weight is 296 g/mol. The summed E-state index contributed by atoms with van der Waals surface area (Å²) in [5, 5.41) is 7.36. The van der Waals surface area contributed by atoms with Gasteiger partial charge in [-0.1, -0.05) is 19.1 Å². The van der Waals surface area contributed by atoms with E-state index in [4.69, 9.17) is 0 Å². The van der Waals surface area contributed by atoms with E-state index >= 15 is 0 Å². The van der Waals surface area contributed by atoms with Crippen LogP contribution < -0.4 is 10.1 Å². The molecule has 1 atom stereocenters. The first kappa shape index (κ1) is 15.4. The van der Waals surface area contributed by atoms with Gasteiger partial charge in [-0.15, -0.1) is 0 Å². The molecule has 0 spiro atoms. The Morgan fingerprint density at radius 2 is 2.19 bits per heavy atom. The van der Waals surface area contributed by atoms with E-state index in [9.17, 15) is 8.78 Å². The smallest absolute Gasteiger partial charge is 0.387 e. The fraction of sp³-hybridized carbons (Fsp3) is 0.429. The minimum absolute atomic E-state index is 0.0425. The Labute approximate surface area is 121 Å². The number of halogens is 2. The molecular formula is C14H18F2N4O. The van der Waals surface area contributed by atoms with Crippen LogP contribution in [0.4, 0.5) is 8.78 Å². The number of aromatic nitrogens is 3. The molecule has 1 aromatic carbocycles. The van der Waals surface area contributed by atoms with Crippen LogP contribution in [0.5, 0.6) is 5.75 Å². The van der Waals surface area contributed by atoms with Crippen LogP contribution in [0.1, 0.15) is 24.4 Å². The largest absolute Gasteiger partial charge is 0.435 e. The lowest BCUT2D eigenvalue weighted by Crippen LogP contribution is -2.24. The maximum absolute atomic E-state index is 12.3. The van der Waals surface area contributed by atoms with Gasteiger partial charge in [-0.2, -0.15) is 13.9 Å². The number of likely N-dealkylation sites (N-methyl/N-ethyl adjacent to an activating group) is 1. The van der Waals surface area contributed by atoms with E-state index in [1.54, 1.807) is 16.8 Å². The van der Waals surface area contributed by atoms with Crippen molar-refractivity contribution in [2.24, 2.45) is 7.05 Å². The summed E-state index contributed by atoms with van der Waals surface area (Å²) in [6, 6.07) is 6.67. The summed E-state index contributed by atoms with van der Waals surface area (Å²) in [7, 11) is 1.82. The number of rotatable bonds is 7. The summed E-state index contributed by atoms with van der Waals surface area (Å²) in [4.78, 5) is 4.19. The highest BCUT2D eigenvalue weighted by molar-refractivity contribution is 5.31. The van der Waals surface area contributed by atoms with Crippen molar-refractivity contribution >= 4 is 0 Å². The van der Waals surface area contributed by atoms with Crippen LogP contribution >= 0.6 is 0 Å². The Morgan fingerprint density at radius 3 is 2.81 bits per heavy atom. The maximum Gasteiger partial charge on any atom is 0.387 e. The van der Waals surface area contributed by atoms with Gasteiger partial charge in [0.2, 0.25) is 0 Å². The Bertz CT molecular complexity index is 574. The minimum atomic E-state index is -2.82. The molecule has 1 aromatic heterocycles. The molecule has 1 N–H and O–H groups in total. The lowest BCUT2D eigenvalue weighted by atomic mass is 10.0. The number of alkyl halides is 2. The second-order valence-electron chi connectivity index (χ2n) is 4.57. The molecule has 0 aliphatic carbocycles. The second kappa shape index (κ2) is 7.12. The third-order valence-corrected chi connectivity index (χ3v) is 3.13. The van der Waals surface area contributed by atoms with E-state index in [0.717, 1.165) is 17.9 Å². The molecule has 5 nitrogen and oxygen atoms in total. The van der Waals surface area contributed by atoms with E-state index in [0.29, 0.717) is 6.42 Å². The normalized spacial score (nSPS) is 12.6. The van der Waals surface area contributed by atoms with Crippen molar-refractivity contribution in [3.8, 4) is 5.75 Å². The zero-order valence-corrected chi connectivity index (χ0v) is 12.0. The number of nitrogens with one attached hydrogen (secondary N) is 1. The fourth-order valence-electron chi connectivity index (χ4n) is 2.15. The predicted octanol–water partition coefficient (Wildman–Crippen LogP) is 2.31. The van der Waals surface area contributed by atoms with E-state index in [1.807, 2.05) is 20.0 Å². The van der Waals surface area contributed by atoms with E-state index < -0.39 is 6.61 Å². The van der Waals surface area contributed by atoms with Crippen molar-refractivity contribution in [3.63, 3.8) is 0 Å². The van der Waals surface area contributed by atoms with Crippen molar-refractivity contribution in [1.82, 2.24) is 20.1 Å². The zero-order valence-electron chi connectivity index (χ0n) is 12.0. The van der Waals surface area contributed by atoms with Gasteiger partial charge in [0.25, 0.3) is 0 Å². The molecule has 2 aromatic rings. The van der Waals surface area contributed by atoms with E-state index in [-0.39, 0.29) is 11.8 Å². The van der Waals surface area contributed by atoms with Crippen LogP contribution in [-0.4, -0.2) is 27.9 Å². The summed E-state index contributed by atoms with van der Waals surface area (Å²) < 4.78 is 30.7. The molecule has 7 heteroatoms. The third-order valence-electron chi connectivity index (χ3n) is 3.13. The Balaban J connectivity index is 2.19. The Hall–Kier alpha value is -2.02. The standard InChI is InChI=1S/C14H18F2N4O/c1-3-17-12(8-13-18-9-19-20(13)2)10-5-4-6-11(7-10)21-14(15)16/h4-7,9,12,14,17H,3,8H2,1-2H3. The van der Waals surface area contributed by atoms with Crippen molar-refractivity contribution < 1.29 is 13.5 Å². The van der Waals surface area contributed by atoms with Gasteiger partial charge < -0.3 is 10.1 Å². The van der Waals surface area contributed by atoms with Crippen molar-refractivity contribution in [3.05, 3.63) is 42.0 Å². The van der Waals surface area contributed by atoms with Gasteiger partial charge in [0.05, 0.1) is 0 Å². The first-order chi connectivity index (χ1) is 10.1. The molecule has 0 radical (unpaired) electrons. The number of hydrogen-bond acceptors (Lipinski definition) is 4. The number of ether oxygens (including phenoxy) is 1. The van der Waals surface area contributed by atoms with Crippen molar-refractivity contribution in [2.75, 3.05) is 6.54 Å². The molecule has 0 fully saturated rings. The first-order valence-electron chi connectivity index (χ1n) is 6.71. The second-order valence-corrected chi connectivity index (χ2v) is 4.57. The Kier molecular flexibility index (Phi) is 5.21. The highest BCUT2D eigenvalue weighted by Gasteiger charge is 2.15. The van der Waals surface area contributed by atoms with Crippen LogP contribution in [0.15, 0.2) is 30.6 Å². The van der Waals surface area contributed by atoms with Gasteiger partial charge in [-0.25, -0.2) is 4.98 Å². The zero-order chi connectivity index (χ0) is 15.2. The lowest BCUT2D eigenvalue weighted by Gasteiger charge is -2.18. The number of nitrogens with zero attached hydrogens (tertiary/aromatic N) is 3. The topological polar surface area (TPSA) is 52.0 Å². The highest BCUT2D eigenvalue weighted by Crippen LogP contribution is 2.23. The molecule has 1 heterocycles. The third kappa shape index (κ3) is 4.22. The summed E-state index contributed by atoms with van der Waals surface area (Å²) in [6.07, 6.45) is 2.11. The van der Waals surface area contributed by atoms with Crippen LogP contribution in [0.25, 0.3) is 0 Å². The minimum Gasteiger partial charge on any atom is -0.435 e. The monoisotopic (exact) mass is 296 g/mol. The molecule has 0 amide bonds. The van der Waals surface area contributed by atoms with Gasteiger partial charge in [-0.05, 0) is 24.2 Å². The highest BCUT2D eigenvalue weighted by atomic mass is 19.3. The fourth-order valence-corrected chi connectivity index (χ4v) is 2.15. The van der Waals surface area contributed by atoms with Crippen molar-refractivity contribution in [2.45, 2.75) is 26.0 Å². The number of benzene rings is 1. The molecule has 0 aliphatic heterocycles. The molecule has 0 saturated heterocycles. The maximum atomic E-state index is 12.3. The summed E-state index contributed by atoms with van der Waals surface area (Å²) in [5.74, 6) is 0.976. The quantitative estimate of drug-likeness (QED) is 0.852. The summed E-state index contributed by atoms with van der Waals surface area (Å²) in [6.45, 7) is -0.0809. The molecule has 2 rings (SSSR count). The lowest BCUT2D eigenvalue weighted by molar-refractivity contribution is -0.0499. The van der Waals surface area contributed by atoms with E-state index in [1.165, 1.54) is 12.4 Å². The van der Waals surface area contributed by atoms with Crippen LogP contribution in [0, 0.1) is 0 Å². The molecule has 0 aliphatic rings. The SMILES string of the molecule is CCNC(Cc1ncnn1C)c1cccc(OC(F)F)c1. The molecule has 1 unspecified atom stereocenters. The van der Waals surface area contributed by atoms with E-state index in [2.05, 4.69) is 20.1 Å². The van der Waals surface area contributed by atoms with Gasteiger partial charge in [0, 0.05) is 19.5 Å². The number of hydrogen-bond donors (Lipinski definition) is 1. The molecule has 0 bridgehead atoms. The summed E-state index contributed by atoms with van der Waals surface area (Å²) >= 11 is 0. The number of aryl methyl sites for hydroxylation is 1. The van der Waals surface area contributed by atoms with Crippen LogP contribution in [0.3, 0.4) is 0 Å². The molecule has 0 saturated carbocycles. The van der Waals surface area contributed by atoms with Crippen LogP contribution in [-0.2, 0) is 13.5 Å². The first-order valence-corrected chi connectivity index (χ1v) is 6.71. The molecular weight excluding hydrogens is 278 g/mol. The van der Waals surface area contributed by atoms with Crippen LogP contribution in [0.2, 0.25) is 0 Å². The van der Waals surface area contributed by atoms with Gasteiger partial charge >= 0.3 is 6.61 Å². The summed E-state index contributed by atoms with van der Waals surface area (Å²) in [5.41, 5.74) is 0.873. The Morgan fingerprint density at radius 1 is 1.38 bits per heavy atom. The van der Waals surface area contributed by atoms with Gasteiger partial charge in [-0.3, -0.25) is 4.68 Å². The van der Waals surface area contributed by atoms with Crippen molar-refractivity contribution in [1.29, 1.82) is 0 Å². The molecule has 114 valence electrons. The average Bonchev–Trinajstić information content (AvgIpc) is 2.83. The predicted molar refractivity (Wildman–Crippen MR) is 74.2 cm³/mol. The van der Waals surface area contributed by atoms with Gasteiger partial charge in [0.15, 0.2) is 0 Å².